The largest absolute Gasteiger partial charge is 0.497 e. The maximum absolute atomic E-state index is 12.0. The van der Waals surface area contributed by atoms with Gasteiger partial charge < -0.3 is 15.4 Å². The van der Waals surface area contributed by atoms with Crippen molar-refractivity contribution in [2.75, 3.05) is 17.7 Å². The monoisotopic (exact) mass is 313 g/mol. The molecule has 1 aromatic heterocycles. The van der Waals surface area contributed by atoms with Crippen LogP contribution >= 0.6 is 0 Å². The topological polar surface area (TPSA) is 63.2 Å². The Morgan fingerprint density at radius 1 is 1.22 bits per heavy atom. The van der Waals surface area contributed by atoms with E-state index in [0.717, 1.165) is 23.4 Å². The molecule has 0 bridgehead atoms. The second kappa shape index (κ2) is 8.17. The van der Waals surface area contributed by atoms with Crippen LogP contribution in [0.1, 0.15) is 25.8 Å². The molecule has 2 rings (SSSR count). The van der Waals surface area contributed by atoms with Gasteiger partial charge in [-0.25, -0.2) is 4.98 Å². The fourth-order valence-corrected chi connectivity index (χ4v) is 2.06. The highest BCUT2D eigenvalue weighted by Gasteiger charge is 2.06. The van der Waals surface area contributed by atoms with Crippen LogP contribution in [0.5, 0.6) is 5.75 Å². The highest BCUT2D eigenvalue weighted by Crippen LogP contribution is 2.14. The summed E-state index contributed by atoms with van der Waals surface area (Å²) in [6, 6.07) is 11.6. The number of nitrogens with zero attached hydrogens (tertiary/aromatic N) is 1. The van der Waals surface area contributed by atoms with Crippen LogP contribution in [-0.2, 0) is 11.2 Å². The summed E-state index contributed by atoms with van der Waals surface area (Å²) in [5.41, 5.74) is 1.88. The van der Waals surface area contributed by atoms with Gasteiger partial charge in [0.05, 0.1) is 25.4 Å². The fraction of sp³-hybridized carbons (Fsp3) is 0.333. The average Bonchev–Trinajstić information content (AvgIpc) is 2.57. The van der Waals surface area contributed by atoms with E-state index in [-0.39, 0.29) is 5.91 Å². The van der Waals surface area contributed by atoms with E-state index in [1.807, 2.05) is 30.3 Å². The molecular formula is C18H23N3O2. The SMILES string of the molecule is CCC(C)Nc1ccc(NC(=O)Cc2ccc(OC)cc2)nc1. The number of aromatic nitrogens is 1. The van der Waals surface area contributed by atoms with Gasteiger partial charge in [0, 0.05) is 6.04 Å². The molecule has 2 N–H and O–H groups in total. The number of hydrogen-bond donors (Lipinski definition) is 2. The van der Waals surface area contributed by atoms with Gasteiger partial charge in [0.1, 0.15) is 11.6 Å². The minimum atomic E-state index is -0.0923. The lowest BCUT2D eigenvalue weighted by Crippen LogP contribution is -2.16. The molecule has 5 heteroatoms. The van der Waals surface area contributed by atoms with Crippen molar-refractivity contribution < 1.29 is 9.53 Å². The van der Waals surface area contributed by atoms with Gasteiger partial charge in [-0.2, -0.15) is 0 Å². The molecule has 0 radical (unpaired) electrons. The summed E-state index contributed by atoms with van der Waals surface area (Å²) < 4.78 is 5.10. The first-order valence-electron chi connectivity index (χ1n) is 7.76. The first-order valence-corrected chi connectivity index (χ1v) is 7.76. The first kappa shape index (κ1) is 16.8. The summed E-state index contributed by atoms with van der Waals surface area (Å²) in [6.45, 7) is 4.24. The summed E-state index contributed by atoms with van der Waals surface area (Å²) in [5.74, 6) is 1.24. The van der Waals surface area contributed by atoms with E-state index >= 15 is 0 Å². The van der Waals surface area contributed by atoms with Crippen molar-refractivity contribution in [3.05, 3.63) is 48.2 Å². The summed E-state index contributed by atoms with van der Waals surface area (Å²) in [5, 5.41) is 6.14. The number of carbonyl (C=O) groups excluding carboxylic acids is 1. The molecule has 0 spiro atoms. The lowest BCUT2D eigenvalue weighted by Gasteiger charge is -2.13. The molecule has 0 aliphatic rings. The van der Waals surface area contributed by atoms with Crippen LogP contribution in [0.25, 0.3) is 0 Å². The molecule has 122 valence electrons. The molecule has 0 aliphatic carbocycles. The number of amides is 1. The van der Waals surface area contributed by atoms with Crippen LogP contribution in [0.3, 0.4) is 0 Å². The molecule has 0 saturated carbocycles. The third kappa shape index (κ3) is 5.29. The zero-order valence-corrected chi connectivity index (χ0v) is 13.8. The van der Waals surface area contributed by atoms with Crippen molar-refractivity contribution in [3.63, 3.8) is 0 Å². The molecule has 0 aliphatic heterocycles. The van der Waals surface area contributed by atoms with Crippen LogP contribution < -0.4 is 15.4 Å². The highest BCUT2D eigenvalue weighted by atomic mass is 16.5. The van der Waals surface area contributed by atoms with Crippen molar-refractivity contribution in [3.8, 4) is 5.75 Å². The predicted octanol–water partition coefficient (Wildman–Crippen LogP) is 3.48. The summed E-state index contributed by atoms with van der Waals surface area (Å²) in [4.78, 5) is 16.3. The fourth-order valence-electron chi connectivity index (χ4n) is 2.06. The Bertz CT molecular complexity index is 624. The highest BCUT2D eigenvalue weighted by molar-refractivity contribution is 5.91. The van der Waals surface area contributed by atoms with E-state index in [1.54, 1.807) is 19.4 Å². The van der Waals surface area contributed by atoms with Gasteiger partial charge in [-0.1, -0.05) is 19.1 Å². The molecule has 1 unspecified atom stereocenters. The van der Waals surface area contributed by atoms with Gasteiger partial charge in [-0.05, 0) is 43.2 Å². The Kier molecular flexibility index (Phi) is 5.97. The van der Waals surface area contributed by atoms with Crippen LogP contribution in [0.15, 0.2) is 42.6 Å². The lowest BCUT2D eigenvalue weighted by molar-refractivity contribution is -0.115. The maximum Gasteiger partial charge on any atom is 0.229 e. The number of carbonyl (C=O) groups is 1. The van der Waals surface area contributed by atoms with Crippen LogP contribution in [0, 0.1) is 0 Å². The quantitative estimate of drug-likeness (QED) is 0.821. The van der Waals surface area contributed by atoms with E-state index in [9.17, 15) is 4.79 Å². The minimum absolute atomic E-state index is 0.0923. The number of methoxy groups -OCH3 is 1. The molecule has 0 fully saturated rings. The Morgan fingerprint density at radius 3 is 2.52 bits per heavy atom. The van der Waals surface area contributed by atoms with E-state index < -0.39 is 0 Å². The van der Waals surface area contributed by atoms with Crippen LogP contribution in [0.4, 0.5) is 11.5 Å². The number of hydrogen-bond acceptors (Lipinski definition) is 4. The zero-order chi connectivity index (χ0) is 16.7. The van der Waals surface area contributed by atoms with Crippen molar-refractivity contribution in [1.82, 2.24) is 4.98 Å². The molecular weight excluding hydrogens is 290 g/mol. The van der Waals surface area contributed by atoms with E-state index in [2.05, 4.69) is 29.5 Å². The van der Waals surface area contributed by atoms with Crippen molar-refractivity contribution >= 4 is 17.4 Å². The number of pyridine rings is 1. The van der Waals surface area contributed by atoms with Crippen LogP contribution in [-0.4, -0.2) is 24.0 Å². The minimum Gasteiger partial charge on any atom is -0.497 e. The Balaban J connectivity index is 1.89. The van der Waals surface area contributed by atoms with Gasteiger partial charge in [0.15, 0.2) is 0 Å². The number of anilines is 2. The Morgan fingerprint density at radius 2 is 1.96 bits per heavy atom. The Hall–Kier alpha value is -2.56. The zero-order valence-electron chi connectivity index (χ0n) is 13.8. The smallest absolute Gasteiger partial charge is 0.229 e. The standard InChI is InChI=1S/C18H23N3O2/c1-4-13(2)20-15-7-10-17(19-12-15)21-18(22)11-14-5-8-16(23-3)9-6-14/h5-10,12-13,20H,4,11H2,1-3H3,(H,19,21,22). The van der Waals surface area contributed by atoms with Crippen LogP contribution in [0.2, 0.25) is 0 Å². The van der Waals surface area contributed by atoms with Gasteiger partial charge >= 0.3 is 0 Å². The average molecular weight is 313 g/mol. The van der Waals surface area contributed by atoms with Gasteiger partial charge in [0.2, 0.25) is 5.91 Å². The van der Waals surface area contributed by atoms with Gasteiger partial charge in [-0.15, -0.1) is 0 Å². The van der Waals surface area contributed by atoms with Crippen molar-refractivity contribution in [1.29, 1.82) is 0 Å². The third-order valence-corrected chi connectivity index (χ3v) is 3.58. The first-order chi connectivity index (χ1) is 11.1. The molecule has 1 atom stereocenters. The maximum atomic E-state index is 12.0. The summed E-state index contributed by atoms with van der Waals surface area (Å²) >= 11 is 0. The van der Waals surface area contributed by atoms with E-state index in [4.69, 9.17) is 4.74 Å². The molecule has 23 heavy (non-hydrogen) atoms. The third-order valence-electron chi connectivity index (χ3n) is 3.58. The second-order valence-electron chi connectivity index (χ2n) is 5.46. The van der Waals surface area contributed by atoms with E-state index in [0.29, 0.717) is 18.3 Å². The normalized spacial score (nSPS) is 11.6. The van der Waals surface area contributed by atoms with Crippen molar-refractivity contribution in [2.24, 2.45) is 0 Å². The summed E-state index contributed by atoms with van der Waals surface area (Å²) in [7, 11) is 1.62. The molecule has 2 aromatic rings. The predicted molar refractivity (Wildman–Crippen MR) is 92.9 cm³/mol. The summed E-state index contributed by atoms with van der Waals surface area (Å²) in [6.07, 6.45) is 3.08. The molecule has 1 amide bonds. The molecule has 5 nitrogen and oxygen atoms in total. The Labute approximate surface area is 137 Å². The van der Waals surface area contributed by atoms with Gasteiger partial charge in [-0.3, -0.25) is 4.79 Å². The molecule has 1 aromatic carbocycles. The second-order valence-corrected chi connectivity index (χ2v) is 5.46. The number of rotatable bonds is 7. The van der Waals surface area contributed by atoms with Gasteiger partial charge in [0.25, 0.3) is 0 Å². The number of benzene rings is 1. The lowest BCUT2D eigenvalue weighted by atomic mass is 10.1. The molecule has 1 heterocycles. The van der Waals surface area contributed by atoms with Crippen molar-refractivity contribution in [2.45, 2.75) is 32.7 Å². The number of ether oxygens (including phenoxy) is 1. The number of nitrogens with one attached hydrogen (secondary N) is 2. The van der Waals surface area contributed by atoms with E-state index in [1.165, 1.54) is 0 Å². The molecule has 0 saturated heterocycles.